The van der Waals surface area contributed by atoms with Crippen LogP contribution in [-0.2, 0) is 9.53 Å². The van der Waals surface area contributed by atoms with Crippen LogP contribution in [0.15, 0.2) is 47.1 Å². The summed E-state index contributed by atoms with van der Waals surface area (Å²) in [6.45, 7) is -0.390. The minimum atomic E-state index is -0.568. The number of nitrogens with one attached hydrogen (secondary N) is 1. The Kier molecular flexibility index (Phi) is 5.30. The van der Waals surface area contributed by atoms with Gasteiger partial charge in [-0.15, -0.1) is 0 Å². The largest absolute Gasteiger partial charge is 0.452 e. The molecule has 1 aromatic heterocycles. The zero-order valence-corrected chi connectivity index (χ0v) is 13.0. The Morgan fingerprint density at radius 3 is 2.52 bits per heavy atom. The molecule has 0 aliphatic carbocycles. The Labute approximate surface area is 134 Å². The molecule has 1 N–H and O–H groups in total. The number of hydrogen-bond acceptors (Lipinski definition) is 4. The van der Waals surface area contributed by atoms with Crippen molar-refractivity contribution >= 4 is 45.2 Å². The molecular weight excluding hydrogens is 360 g/mol. The van der Waals surface area contributed by atoms with E-state index in [0.717, 1.165) is 4.47 Å². The van der Waals surface area contributed by atoms with Gasteiger partial charge in [-0.1, -0.05) is 27.5 Å². The summed E-state index contributed by atoms with van der Waals surface area (Å²) in [5.74, 6) is -0.707. The molecule has 0 bridgehead atoms. The van der Waals surface area contributed by atoms with Crippen LogP contribution in [0.5, 0.6) is 0 Å². The molecule has 0 unspecified atom stereocenters. The first-order valence-corrected chi connectivity index (χ1v) is 7.06. The highest BCUT2D eigenvalue weighted by Crippen LogP contribution is 2.12. The average Bonchev–Trinajstić information content (AvgIpc) is 2.48. The summed E-state index contributed by atoms with van der Waals surface area (Å²) in [7, 11) is 0. The summed E-state index contributed by atoms with van der Waals surface area (Å²) in [6.07, 6.45) is 1.41. The zero-order chi connectivity index (χ0) is 15.2. The van der Waals surface area contributed by atoms with Crippen LogP contribution in [0, 0.1) is 0 Å². The van der Waals surface area contributed by atoms with E-state index in [2.05, 4.69) is 26.2 Å². The van der Waals surface area contributed by atoms with Gasteiger partial charge in [0.1, 0.15) is 5.82 Å². The maximum absolute atomic E-state index is 11.7. The summed E-state index contributed by atoms with van der Waals surface area (Å²) in [5.41, 5.74) is 0.371. The van der Waals surface area contributed by atoms with E-state index in [1.165, 1.54) is 6.20 Å². The molecule has 1 amide bonds. The first kappa shape index (κ1) is 15.5. The monoisotopic (exact) mass is 368 g/mol. The van der Waals surface area contributed by atoms with Crippen LogP contribution in [0.25, 0.3) is 0 Å². The second-order valence-corrected chi connectivity index (χ2v) is 5.34. The van der Waals surface area contributed by atoms with Crippen molar-refractivity contribution < 1.29 is 14.3 Å². The van der Waals surface area contributed by atoms with E-state index in [4.69, 9.17) is 16.3 Å². The minimum absolute atomic E-state index is 0.337. The highest BCUT2D eigenvalue weighted by atomic mass is 79.9. The molecule has 7 heteroatoms. The molecule has 0 saturated heterocycles. The number of aromatic nitrogens is 1. The molecule has 1 heterocycles. The van der Waals surface area contributed by atoms with E-state index >= 15 is 0 Å². The molecule has 0 aliphatic heterocycles. The normalized spacial score (nSPS) is 10.0. The van der Waals surface area contributed by atoms with Gasteiger partial charge < -0.3 is 10.1 Å². The first-order valence-electron chi connectivity index (χ1n) is 5.89. The number of anilines is 1. The van der Waals surface area contributed by atoms with Gasteiger partial charge in [0.25, 0.3) is 5.91 Å². The summed E-state index contributed by atoms with van der Waals surface area (Å²) >= 11 is 8.95. The molecule has 0 radical (unpaired) electrons. The van der Waals surface area contributed by atoms with Gasteiger partial charge in [0, 0.05) is 10.7 Å². The van der Waals surface area contributed by atoms with E-state index in [1.54, 1.807) is 36.4 Å². The van der Waals surface area contributed by atoms with Gasteiger partial charge in [-0.2, -0.15) is 0 Å². The van der Waals surface area contributed by atoms with Crippen molar-refractivity contribution in [3.05, 3.63) is 57.7 Å². The fraction of sp³-hybridized carbons (Fsp3) is 0.0714. The van der Waals surface area contributed by atoms with Gasteiger partial charge in [0.05, 0.1) is 10.6 Å². The number of hydrogen-bond donors (Lipinski definition) is 1. The Hall–Kier alpha value is -1.92. The Morgan fingerprint density at radius 2 is 1.90 bits per heavy atom. The SMILES string of the molecule is O=C(COC(=O)c1ccc(Br)cc1)Nc1ccc(Cl)cn1. The zero-order valence-electron chi connectivity index (χ0n) is 10.7. The number of carbonyl (C=O) groups is 2. The van der Waals surface area contributed by atoms with Gasteiger partial charge in [-0.3, -0.25) is 4.79 Å². The molecule has 0 fully saturated rings. The fourth-order valence-electron chi connectivity index (χ4n) is 1.43. The van der Waals surface area contributed by atoms with Crippen LogP contribution in [0.4, 0.5) is 5.82 Å². The number of carbonyl (C=O) groups excluding carboxylic acids is 2. The molecule has 0 aliphatic rings. The molecule has 0 spiro atoms. The van der Waals surface area contributed by atoms with Crippen molar-refractivity contribution in [3.8, 4) is 0 Å². The van der Waals surface area contributed by atoms with Crippen LogP contribution in [0.3, 0.4) is 0 Å². The van der Waals surface area contributed by atoms with E-state index < -0.39 is 11.9 Å². The average molecular weight is 370 g/mol. The second-order valence-electron chi connectivity index (χ2n) is 3.99. The number of amides is 1. The summed E-state index contributed by atoms with van der Waals surface area (Å²) < 4.78 is 5.76. The minimum Gasteiger partial charge on any atom is -0.452 e. The highest BCUT2D eigenvalue weighted by Gasteiger charge is 2.10. The number of benzene rings is 1. The number of pyridine rings is 1. The third-order valence-electron chi connectivity index (χ3n) is 2.41. The van der Waals surface area contributed by atoms with Gasteiger partial charge in [0.2, 0.25) is 0 Å². The van der Waals surface area contributed by atoms with Crippen molar-refractivity contribution in [1.29, 1.82) is 0 Å². The lowest BCUT2D eigenvalue weighted by Gasteiger charge is -2.06. The van der Waals surface area contributed by atoms with Crippen LogP contribution in [-0.4, -0.2) is 23.5 Å². The molecule has 2 rings (SSSR count). The smallest absolute Gasteiger partial charge is 0.338 e. The molecule has 2 aromatic rings. The van der Waals surface area contributed by atoms with Crippen molar-refractivity contribution in [1.82, 2.24) is 4.98 Å². The number of halogens is 2. The number of rotatable bonds is 4. The number of ether oxygens (including phenoxy) is 1. The summed E-state index contributed by atoms with van der Waals surface area (Å²) in [6, 6.07) is 9.79. The van der Waals surface area contributed by atoms with Crippen LogP contribution < -0.4 is 5.32 Å². The highest BCUT2D eigenvalue weighted by molar-refractivity contribution is 9.10. The standard InChI is InChI=1S/C14H10BrClN2O3/c15-10-3-1-9(2-4-10)14(20)21-8-13(19)18-12-6-5-11(16)7-17-12/h1-7H,8H2,(H,17,18,19). The maximum Gasteiger partial charge on any atom is 0.338 e. The summed E-state index contributed by atoms with van der Waals surface area (Å²) in [5, 5.41) is 2.96. The lowest BCUT2D eigenvalue weighted by atomic mass is 10.2. The van der Waals surface area contributed by atoms with E-state index in [-0.39, 0.29) is 6.61 Å². The number of nitrogens with zero attached hydrogens (tertiary/aromatic N) is 1. The summed E-state index contributed by atoms with van der Waals surface area (Å²) in [4.78, 5) is 27.2. The van der Waals surface area contributed by atoms with E-state index in [9.17, 15) is 9.59 Å². The van der Waals surface area contributed by atoms with Gasteiger partial charge in [-0.25, -0.2) is 9.78 Å². The first-order chi connectivity index (χ1) is 10.0. The van der Waals surface area contributed by atoms with Gasteiger partial charge in [0.15, 0.2) is 6.61 Å². The van der Waals surface area contributed by atoms with E-state index in [0.29, 0.717) is 16.4 Å². The van der Waals surface area contributed by atoms with Crippen molar-refractivity contribution in [2.45, 2.75) is 0 Å². The third kappa shape index (κ3) is 4.84. The number of esters is 1. The third-order valence-corrected chi connectivity index (χ3v) is 3.16. The Balaban J connectivity index is 1.84. The van der Waals surface area contributed by atoms with Crippen molar-refractivity contribution in [2.75, 3.05) is 11.9 Å². The predicted molar refractivity (Wildman–Crippen MR) is 82.3 cm³/mol. The lowest BCUT2D eigenvalue weighted by Crippen LogP contribution is -2.21. The Bertz CT molecular complexity index is 644. The molecule has 0 saturated carbocycles. The van der Waals surface area contributed by atoms with Crippen LogP contribution >= 0.6 is 27.5 Å². The predicted octanol–water partition coefficient (Wildman–Crippen LogP) is 3.29. The van der Waals surface area contributed by atoms with Gasteiger partial charge >= 0.3 is 5.97 Å². The fourth-order valence-corrected chi connectivity index (χ4v) is 1.81. The molecule has 21 heavy (non-hydrogen) atoms. The maximum atomic E-state index is 11.7. The van der Waals surface area contributed by atoms with Crippen LogP contribution in [0.2, 0.25) is 5.02 Å². The lowest BCUT2D eigenvalue weighted by molar-refractivity contribution is -0.119. The Morgan fingerprint density at radius 1 is 1.19 bits per heavy atom. The van der Waals surface area contributed by atoms with Gasteiger partial charge in [-0.05, 0) is 36.4 Å². The molecule has 108 valence electrons. The van der Waals surface area contributed by atoms with Crippen molar-refractivity contribution in [3.63, 3.8) is 0 Å². The van der Waals surface area contributed by atoms with Crippen molar-refractivity contribution in [2.24, 2.45) is 0 Å². The molecule has 0 atom stereocenters. The quantitative estimate of drug-likeness (QED) is 0.840. The topological polar surface area (TPSA) is 68.3 Å². The molecule has 1 aromatic carbocycles. The molecular formula is C14H10BrClN2O3. The molecule has 5 nitrogen and oxygen atoms in total. The second kappa shape index (κ2) is 7.19. The van der Waals surface area contributed by atoms with E-state index in [1.807, 2.05) is 0 Å². The van der Waals surface area contributed by atoms with Crippen LogP contribution in [0.1, 0.15) is 10.4 Å².